The first kappa shape index (κ1) is 17.3. The Kier molecular flexibility index (Phi) is 5.55. The number of ketones is 1. The van der Waals surface area contributed by atoms with E-state index in [1.807, 2.05) is 18.2 Å². The minimum absolute atomic E-state index is 0.00524. The molecule has 0 saturated heterocycles. The van der Waals surface area contributed by atoms with Crippen molar-refractivity contribution in [1.82, 2.24) is 0 Å². The molecular weight excluding hydrogens is 296 g/mol. The number of carbonyl (C=O) groups is 1. The quantitative estimate of drug-likeness (QED) is 0.740. The number of ether oxygens (including phenoxy) is 1. The van der Waals surface area contributed by atoms with Gasteiger partial charge in [0, 0.05) is 16.5 Å². The fourth-order valence-corrected chi connectivity index (χ4v) is 3.41. The summed E-state index contributed by atoms with van der Waals surface area (Å²) in [5, 5.41) is 0.742. The van der Waals surface area contributed by atoms with Crippen LogP contribution in [0.1, 0.15) is 58.9 Å². The van der Waals surface area contributed by atoms with Crippen LogP contribution < -0.4 is 4.74 Å². The van der Waals surface area contributed by atoms with Crippen LogP contribution in [-0.2, 0) is 10.2 Å². The predicted molar refractivity (Wildman–Crippen MR) is 91.8 cm³/mol. The minimum atomic E-state index is -0.00524. The Labute approximate surface area is 139 Å². The summed E-state index contributed by atoms with van der Waals surface area (Å²) in [4.78, 5) is 11.6. The van der Waals surface area contributed by atoms with Gasteiger partial charge in [0.15, 0.2) is 0 Å². The van der Waals surface area contributed by atoms with E-state index in [4.69, 9.17) is 16.3 Å². The lowest BCUT2D eigenvalue weighted by Gasteiger charge is -2.29. The first-order chi connectivity index (χ1) is 10.3. The minimum Gasteiger partial charge on any atom is -0.493 e. The monoisotopic (exact) mass is 322 g/mol. The number of hydrogen-bond donors (Lipinski definition) is 0. The smallest absolute Gasteiger partial charge is 0.132 e. The van der Waals surface area contributed by atoms with Crippen molar-refractivity contribution in [3.63, 3.8) is 0 Å². The zero-order chi connectivity index (χ0) is 16.3. The number of halogens is 1. The van der Waals surface area contributed by atoms with E-state index in [0.717, 1.165) is 42.0 Å². The molecule has 2 unspecified atom stereocenters. The normalized spacial score (nSPS) is 22.4. The molecule has 1 aliphatic carbocycles. The molecule has 1 aliphatic rings. The predicted octanol–water partition coefficient (Wildman–Crippen LogP) is 5.41. The van der Waals surface area contributed by atoms with Gasteiger partial charge in [0.05, 0.1) is 6.61 Å². The van der Waals surface area contributed by atoms with E-state index in [-0.39, 0.29) is 11.3 Å². The molecule has 3 heteroatoms. The third kappa shape index (κ3) is 4.49. The lowest BCUT2D eigenvalue weighted by Crippen LogP contribution is -2.25. The van der Waals surface area contributed by atoms with Gasteiger partial charge in [0.25, 0.3) is 0 Å². The van der Waals surface area contributed by atoms with Gasteiger partial charge >= 0.3 is 0 Å². The first-order valence-electron chi connectivity index (χ1n) is 8.20. The van der Waals surface area contributed by atoms with Crippen molar-refractivity contribution in [3.8, 4) is 5.75 Å². The van der Waals surface area contributed by atoms with Crippen molar-refractivity contribution in [2.45, 2.75) is 58.8 Å². The third-order valence-corrected chi connectivity index (χ3v) is 4.82. The molecule has 2 atom stereocenters. The van der Waals surface area contributed by atoms with E-state index in [1.54, 1.807) is 6.92 Å². The van der Waals surface area contributed by atoms with Crippen molar-refractivity contribution >= 4 is 17.4 Å². The van der Waals surface area contributed by atoms with Crippen LogP contribution in [0, 0.1) is 11.8 Å². The zero-order valence-electron chi connectivity index (χ0n) is 14.1. The largest absolute Gasteiger partial charge is 0.493 e. The molecule has 122 valence electrons. The molecule has 0 aliphatic heterocycles. The van der Waals surface area contributed by atoms with Crippen LogP contribution in [0.5, 0.6) is 5.75 Å². The molecule has 2 rings (SSSR count). The number of carbonyl (C=O) groups excluding carboxylic acids is 1. The van der Waals surface area contributed by atoms with Gasteiger partial charge in [0.2, 0.25) is 0 Å². The van der Waals surface area contributed by atoms with E-state index >= 15 is 0 Å². The Morgan fingerprint density at radius 3 is 2.68 bits per heavy atom. The summed E-state index contributed by atoms with van der Waals surface area (Å²) in [6.07, 6.45) is 4.29. The second kappa shape index (κ2) is 7.04. The molecule has 2 nitrogen and oxygen atoms in total. The molecular formula is C19H27ClO2. The van der Waals surface area contributed by atoms with Crippen LogP contribution in [0.3, 0.4) is 0 Å². The number of hydrogen-bond acceptors (Lipinski definition) is 2. The maximum Gasteiger partial charge on any atom is 0.132 e. The average molecular weight is 323 g/mol. The maximum absolute atomic E-state index is 11.6. The Hall–Kier alpha value is -1.02. The van der Waals surface area contributed by atoms with Crippen molar-refractivity contribution in [3.05, 3.63) is 28.8 Å². The van der Waals surface area contributed by atoms with Gasteiger partial charge in [-0.3, -0.25) is 4.79 Å². The van der Waals surface area contributed by atoms with Crippen LogP contribution in [0.25, 0.3) is 0 Å². The van der Waals surface area contributed by atoms with Crippen molar-refractivity contribution in [1.29, 1.82) is 0 Å². The summed E-state index contributed by atoms with van der Waals surface area (Å²) in [5.74, 6) is 1.95. The first-order valence-corrected chi connectivity index (χ1v) is 8.58. The van der Waals surface area contributed by atoms with Crippen LogP contribution >= 0.6 is 11.6 Å². The van der Waals surface area contributed by atoms with Gasteiger partial charge in [0.1, 0.15) is 11.5 Å². The van der Waals surface area contributed by atoms with Gasteiger partial charge in [-0.25, -0.2) is 0 Å². The Morgan fingerprint density at radius 2 is 2.05 bits per heavy atom. The third-order valence-electron chi connectivity index (χ3n) is 4.58. The molecule has 0 aromatic heterocycles. The van der Waals surface area contributed by atoms with Gasteiger partial charge in [-0.15, -0.1) is 0 Å². The number of Topliss-reactive ketones (excluding diaryl/α,β-unsaturated/α-hetero) is 1. The van der Waals surface area contributed by atoms with Gasteiger partial charge in [-0.1, -0.05) is 38.8 Å². The molecule has 1 aromatic rings. The Morgan fingerprint density at radius 1 is 1.32 bits per heavy atom. The lowest BCUT2D eigenvalue weighted by molar-refractivity contribution is -0.122. The SMILES string of the molecule is CC(=O)C1CCCC(COc2ccc(Cl)cc2C(C)(C)C)C1. The van der Waals surface area contributed by atoms with Crippen LogP contribution in [0.4, 0.5) is 0 Å². The highest BCUT2D eigenvalue weighted by Gasteiger charge is 2.26. The molecule has 1 saturated carbocycles. The number of rotatable bonds is 4. The Balaban J connectivity index is 2.04. The molecule has 1 fully saturated rings. The highest BCUT2D eigenvalue weighted by atomic mass is 35.5. The molecule has 0 amide bonds. The highest BCUT2D eigenvalue weighted by Crippen LogP contribution is 2.35. The van der Waals surface area contributed by atoms with Gasteiger partial charge in [-0.2, -0.15) is 0 Å². The van der Waals surface area contributed by atoms with Crippen LogP contribution in [0.15, 0.2) is 18.2 Å². The summed E-state index contributed by atoms with van der Waals surface area (Å²) in [6, 6.07) is 5.84. The second-order valence-electron chi connectivity index (χ2n) is 7.54. The standard InChI is InChI=1S/C19H27ClO2/c1-13(21)15-7-5-6-14(10-15)12-22-18-9-8-16(20)11-17(18)19(2,3)4/h8-9,11,14-15H,5-7,10,12H2,1-4H3. The molecule has 0 radical (unpaired) electrons. The molecule has 0 N–H and O–H groups in total. The van der Waals surface area contributed by atoms with Gasteiger partial charge in [-0.05, 0) is 55.7 Å². The van der Waals surface area contributed by atoms with E-state index in [9.17, 15) is 4.79 Å². The van der Waals surface area contributed by atoms with E-state index in [1.165, 1.54) is 0 Å². The lowest BCUT2D eigenvalue weighted by atomic mass is 9.80. The number of benzene rings is 1. The van der Waals surface area contributed by atoms with Crippen LogP contribution in [0.2, 0.25) is 5.02 Å². The van der Waals surface area contributed by atoms with E-state index < -0.39 is 0 Å². The summed E-state index contributed by atoms with van der Waals surface area (Å²) < 4.78 is 6.12. The van der Waals surface area contributed by atoms with Crippen molar-refractivity contribution < 1.29 is 9.53 Å². The van der Waals surface area contributed by atoms with Crippen molar-refractivity contribution in [2.75, 3.05) is 6.61 Å². The molecule has 0 heterocycles. The maximum atomic E-state index is 11.6. The van der Waals surface area contributed by atoms with Crippen LogP contribution in [-0.4, -0.2) is 12.4 Å². The topological polar surface area (TPSA) is 26.3 Å². The summed E-state index contributed by atoms with van der Waals surface area (Å²) in [7, 11) is 0. The van der Waals surface area contributed by atoms with Gasteiger partial charge < -0.3 is 4.74 Å². The van der Waals surface area contributed by atoms with Crippen molar-refractivity contribution in [2.24, 2.45) is 11.8 Å². The summed E-state index contributed by atoms with van der Waals surface area (Å²) >= 11 is 6.13. The van der Waals surface area contributed by atoms with E-state index in [0.29, 0.717) is 18.3 Å². The zero-order valence-corrected chi connectivity index (χ0v) is 14.9. The average Bonchev–Trinajstić information content (AvgIpc) is 2.45. The Bertz CT molecular complexity index is 531. The summed E-state index contributed by atoms with van der Waals surface area (Å²) in [6.45, 7) is 8.90. The summed E-state index contributed by atoms with van der Waals surface area (Å²) in [5.41, 5.74) is 1.13. The molecule has 0 spiro atoms. The molecule has 1 aromatic carbocycles. The fraction of sp³-hybridized carbons (Fsp3) is 0.632. The second-order valence-corrected chi connectivity index (χ2v) is 7.98. The fourth-order valence-electron chi connectivity index (χ4n) is 3.23. The highest BCUT2D eigenvalue weighted by molar-refractivity contribution is 6.30. The van der Waals surface area contributed by atoms with E-state index in [2.05, 4.69) is 20.8 Å². The molecule has 0 bridgehead atoms. The molecule has 22 heavy (non-hydrogen) atoms.